The molecule has 108 valence electrons. The standard InChI is InChI=1S/C13H20N6S/c1-14-11-10-19-5-3-16-13(19)12(17-11)15-2-4-18-6-8-20-9-7-18/h3,5,10,14H,2,4,6-9H2,1H3,(H,15,17). The Hall–Kier alpha value is -1.47. The maximum absolute atomic E-state index is 4.55. The van der Waals surface area contributed by atoms with E-state index in [4.69, 9.17) is 0 Å². The number of aromatic nitrogens is 3. The molecule has 1 saturated heterocycles. The molecule has 0 aliphatic carbocycles. The van der Waals surface area contributed by atoms with Gasteiger partial charge in [0.25, 0.3) is 0 Å². The summed E-state index contributed by atoms with van der Waals surface area (Å²) in [6.07, 6.45) is 5.67. The van der Waals surface area contributed by atoms with Gasteiger partial charge >= 0.3 is 0 Å². The van der Waals surface area contributed by atoms with Crippen molar-refractivity contribution in [2.75, 3.05) is 55.4 Å². The van der Waals surface area contributed by atoms with Crippen molar-refractivity contribution in [3.63, 3.8) is 0 Å². The zero-order valence-corrected chi connectivity index (χ0v) is 12.5. The predicted octanol–water partition coefficient (Wildman–Crippen LogP) is 1.23. The van der Waals surface area contributed by atoms with E-state index < -0.39 is 0 Å². The van der Waals surface area contributed by atoms with Crippen LogP contribution in [0.4, 0.5) is 11.6 Å². The van der Waals surface area contributed by atoms with E-state index in [1.54, 1.807) is 6.20 Å². The molecular formula is C13H20N6S. The molecule has 7 heteroatoms. The van der Waals surface area contributed by atoms with E-state index in [0.717, 1.165) is 30.4 Å². The van der Waals surface area contributed by atoms with Gasteiger partial charge in [0, 0.05) is 57.1 Å². The van der Waals surface area contributed by atoms with Crippen LogP contribution in [0.3, 0.4) is 0 Å². The lowest BCUT2D eigenvalue weighted by molar-refractivity contribution is 0.314. The minimum absolute atomic E-state index is 0.840. The van der Waals surface area contributed by atoms with E-state index in [-0.39, 0.29) is 0 Å². The highest BCUT2D eigenvalue weighted by molar-refractivity contribution is 7.99. The van der Waals surface area contributed by atoms with E-state index in [1.807, 2.05) is 35.6 Å². The van der Waals surface area contributed by atoms with Gasteiger partial charge in [0.15, 0.2) is 11.5 Å². The van der Waals surface area contributed by atoms with Crippen LogP contribution in [0.5, 0.6) is 0 Å². The molecule has 2 aromatic rings. The highest BCUT2D eigenvalue weighted by Gasteiger charge is 2.11. The van der Waals surface area contributed by atoms with Gasteiger partial charge in [-0.05, 0) is 0 Å². The summed E-state index contributed by atoms with van der Waals surface area (Å²) in [5.74, 6) is 4.18. The van der Waals surface area contributed by atoms with Gasteiger partial charge in [-0.3, -0.25) is 4.90 Å². The van der Waals surface area contributed by atoms with Crippen molar-refractivity contribution in [2.45, 2.75) is 0 Å². The summed E-state index contributed by atoms with van der Waals surface area (Å²) < 4.78 is 1.98. The minimum Gasteiger partial charge on any atom is -0.372 e. The van der Waals surface area contributed by atoms with E-state index in [9.17, 15) is 0 Å². The van der Waals surface area contributed by atoms with Crippen LogP contribution in [0.25, 0.3) is 5.65 Å². The first-order chi connectivity index (χ1) is 9.86. The first kappa shape index (κ1) is 13.5. The van der Waals surface area contributed by atoms with Gasteiger partial charge in [0.1, 0.15) is 5.82 Å². The smallest absolute Gasteiger partial charge is 0.180 e. The summed E-state index contributed by atoms with van der Waals surface area (Å²) in [5, 5.41) is 6.49. The Bertz CT molecular complexity index is 563. The van der Waals surface area contributed by atoms with Gasteiger partial charge in [-0.2, -0.15) is 11.8 Å². The molecule has 0 aromatic carbocycles. The van der Waals surface area contributed by atoms with Gasteiger partial charge in [0.05, 0.1) is 6.20 Å². The highest BCUT2D eigenvalue weighted by atomic mass is 32.2. The molecule has 2 N–H and O–H groups in total. The van der Waals surface area contributed by atoms with E-state index >= 15 is 0 Å². The maximum atomic E-state index is 4.55. The van der Waals surface area contributed by atoms with Crippen molar-refractivity contribution in [3.8, 4) is 0 Å². The average molecular weight is 292 g/mol. The zero-order valence-electron chi connectivity index (χ0n) is 11.7. The number of fused-ring (bicyclic) bond motifs is 1. The number of anilines is 2. The third-order valence-corrected chi connectivity index (χ3v) is 4.40. The SMILES string of the molecule is CNc1cn2ccnc2c(NCCN2CCSCC2)n1. The van der Waals surface area contributed by atoms with Crippen LogP contribution >= 0.6 is 11.8 Å². The Balaban J connectivity index is 1.65. The first-order valence-electron chi connectivity index (χ1n) is 6.92. The van der Waals surface area contributed by atoms with Crippen LogP contribution in [0, 0.1) is 0 Å². The molecule has 1 aliphatic rings. The molecule has 0 radical (unpaired) electrons. The fourth-order valence-corrected chi connectivity index (χ4v) is 3.31. The Labute approximate surface area is 123 Å². The van der Waals surface area contributed by atoms with Crippen molar-refractivity contribution in [2.24, 2.45) is 0 Å². The van der Waals surface area contributed by atoms with Crippen molar-refractivity contribution >= 4 is 29.0 Å². The molecule has 0 saturated carbocycles. The number of nitrogens with zero attached hydrogens (tertiary/aromatic N) is 4. The summed E-state index contributed by atoms with van der Waals surface area (Å²) in [7, 11) is 1.88. The lowest BCUT2D eigenvalue weighted by Crippen LogP contribution is -2.36. The third-order valence-electron chi connectivity index (χ3n) is 3.45. The van der Waals surface area contributed by atoms with Gasteiger partial charge < -0.3 is 15.0 Å². The number of imidazole rings is 1. The van der Waals surface area contributed by atoms with Gasteiger partial charge in [0.2, 0.25) is 0 Å². The Morgan fingerprint density at radius 1 is 1.35 bits per heavy atom. The first-order valence-corrected chi connectivity index (χ1v) is 8.08. The molecular weight excluding hydrogens is 272 g/mol. The molecule has 0 spiro atoms. The van der Waals surface area contributed by atoms with Crippen LogP contribution in [0.2, 0.25) is 0 Å². The fraction of sp³-hybridized carbons (Fsp3) is 0.538. The molecule has 3 rings (SSSR count). The molecule has 0 unspecified atom stereocenters. The summed E-state index contributed by atoms with van der Waals surface area (Å²) in [4.78, 5) is 11.4. The van der Waals surface area contributed by atoms with Crippen molar-refractivity contribution in [1.82, 2.24) is 19.3 Å². The molecule has 0 amide bonds. The lowest BCUT2D eigenvalue weighted by Gasteiger charge is -2.26. The number of hydrogen-bond donors (Lipinski definition) is 2. The van der Waals surface area contributed by atoms with E-state index in [1.165, 1.54) is 24.6 Å². The Morgan fingerprint density at radius 3 is 3.00 bits per heavy atom. The largest absolute Gasteiger partial charge is 0.372 e. The van der Waals surface area contributed by atoms with E-state index in [2.05, 4.69) is 25.5 Å². The monoisotopic (exact) mass is 292 g/mol. The highest BCUT2D eigenvalue weighted by Crippen LogP contribution is 2.16. The molecule has 6 nitrogen and oxygen atoms in total. The van der Waals surface area contributed by atoms with Crippen LogP contribution < -0.4 is 10.6 Å². The van der Waals surface area contributed by atoms with Crippen molar-refractivity contribution < 1.29 is 0 Å². The second-order valence-electron chi connectivity index (χ2n) is 4.76. The summed E-state index contributed by atoms with van der Waals surface area (Å²) in [6, 6.07) is 0. The molecule has 20 heavy (non-hydrogen) atoms. The fourth-order valence-electron chi connectivity index (χ4n) is 2.33. The molecule has 0 bridgehead atoms. The summed E-state index contributed by atoms with van der Waals surface area (Å²) in [6.45, 7) is 4.33. The second-order valence-corrected chi connectivity index (χ2v) is 5.99. The predicted molar refractivity (Wildman–Crippen MR) is 84.8 cm³/mol. The lowest BCUT2D eigenvalue weighted by atomic mass is 10.4. The summed E-state index contributed by atoms with van der Waals surface area (Å²) in [5.41, 5.74) is 0.873. The van der Waals surface area contributed by atoms with Crippen LogP contribution in [0.15, 0.2) is 18.6 Å². The van der Waals surface area contributed by atoms with Crippen LogP contribution in [-0.4, -0.2) is 64.0 Å². The Kier molecular flexibility index (Phi) is 4.27. The third kappa shape index (κ3) is 2.99. The maximum Gasteiger partial charge on any atom is 0.180 e. The van der Waals surface area contributed by atoms with Crippen LogP contribution in [-0.2, 0) is 0 Å². The quantitative estimate of drug-likeness (QED) is 0.864. The second kappa shape index (κ2) is 6.32. The normalized spacial score (nSPS) is 16.4. The topological polar surface area (TPSA) is 57.5 Å². The minimum atomic E-state index is 0.840. The van der Waals surface area contributed by atoms with Crippen molar-refractivity contribution in [1.29, 1.82) is 0 Å². The molecule has 3 heterocycles. The van der Waals surface area contributed by atoms with Gasteiger partial charge in [-0.25, -0.2) is 9.97 Å². The zero-order chi connectivity index (χ0) is 13.8. The number of thioether (sulfide) groups is 1. The average Bonchev–Trinajstić information content (AvgIpc) is 2.96. The number of nitrogens with one attached hydrogen (secondary N) is 2. The summed E-state index contributed by atoms with van der Waals surface area (Å²) >= 11 is 2.04. The molecule has 2 aromatic heterocycles. The van der Waals surface area contributed by atoms with Crippen LogP contribution in [0.1, 0.15) is 0 Å². The number of rotatable bonds is 5. The molecule has 0 atom stereocenters. The van der Waals surface area contributed by atoms with Gasteiger partial charge in [-0.1, -0.05) is 0 Å². The van der Waals surface area contributed by atoms with E-state index in [0.29, 0.717) is 0 Å². The molecule has 1 aliphatic heterocycles. The number of hydrogen-bond acceptors (Lipinski definition) is 6. The van der Waals surface area contributed by atoms with Crippen molar-refractivity contribution in [3.05, 3.63) is 18.6 Å². The Morgan fingerprint density at radius 2 is 2.20 bits per heavy atom. The molecule has 1 fully saturated rings. The van der Waals surface area contributed by atoms with Gasteiger partial charge in [-0.15, -0.1) is 0 Å².